The highest BCUT2D eigenvalue weighted by Gasteiger charge is 2.67. The van der Waals surface area contributed by atoms with Gasteiger partial charge in [-0.15, -0.1) is 0 Å². The van der Waals surface area contributed by atoms with E-state index in [0.717, 1.165) is 64.2 Å². The minimum absolute atomic E-state index is 0.0911. The molecular formula is C31H52O6. The zero-order chi connectivity index (χ0) is 26.2. The van der Waals surface area contributed by atoms with E-state index in [9.17, 15) is 4.79 Å². The van der Waals surface area contributed by atoms with E-state index in [2.05, 4.69) is 13.8 Å². The lowest BCUT2D eigenvalue weighted by Crippen LogP contribution is -2.68. The normalized spacial score (nSPS) is 36.8. The lowest BCUT2D eigenvalue weighted by Gasteiger charge is -2.64. The lowest BCUT2D eigenvalue weighted by atomic mass is 9.50. The molecule has 2 atom stereocenters. The van der Waals surface area contributed by atoms with Gasteiger partial charge in [-0.1, -0.05) is 52.4 Å². The summed E-state index contributed by atoms with van der Waals surface area (Å²) in [5.74, 6) is 0.541. The molecule has 0 aliphatic heterocycles. The lowest BCUT2D eigenvalue weighted by molar-refractivity contribution is -0.314. The van der Waals surface area contributed by atoms with Gasteiger partial charge in [0.25, 0.3) is 0 Å². The van der Waals surface area contributed by atoms with Gasteiger partial charge in [0, 0.05) is 19.3 Å². The SMILES string of the molecule is CC(C)C(C)(C)C(=O)OC12CC3CC(OCOC4CCCCC4)(CC(OCOC4CCCCC4)(C3)C1)C2. The molecule has 0 aromatic rings. The van der Waals surface area contributed by atoms with E-state index >= 15 is 0 Å². The van der Waals surface area contributed by atoms with Crippen molar-refractivity contribution in [2.24, 2.45) is 17.3 Å². The first-order valence-electron chi connectivity index (χ1n) is 15.4. The zero-order valence-corrected chi connectivity index (χ0v) is 24.0. The first-order valence-corrected chi connectivity index (χ1v) is 15.4. The van der Waals surface area contributed by atoms with Crippen molar-refractivity contribution in [3.05, 3.63) is 0 Å². The Morgan fingerprint density at radius 1 is 0.730 bits per heavy atom. The maximum absolute atomic E-state index is 13.5. The quantitative estimate of drug-likeness (QED) is 0.214. The van der Waals surface area contributed by atoms with Gasteiger partial charge < -0.3 is 23.7 Å². The number of rotatable bonds is 11. The molecule has 0 aromatic carbocycles. The average molecular weight is 521 g/mol. The second-order valence-electron chi connectivity index (χ2n) is 14.2. The zero-order valence-electron chi connectivity index (χ0n) is 24.0. The Balaban J connectivity index is 1.29. The fourth-order valence-corrected chi connectivity index (χ4v) is 8.15. The summed E-state index contributed by atoms with van der Waals surface area (Å²) in [6.07, 6.45) is 18.1. The Labute approximate surface area is 224 Å². The second-order valence-corrected chi connectivity index (χ2v) is 14.2. The van der Waals surface area contributed by atoms with Crippen LogP contribution in [0.4, 0.5) is 0 Å². The van der Waals surface area contributed by atoms with Crippen LogP contribution in [-0.4, -0.2) is 48.6 Å². The van der Waals surface area contributed by atoms with E-state index in [1.165, 1.54) is 38.5 Å². The fourth-order valence-electron chi connectivity index (χ4n) is 8.15. The number of esters is 1. The predicted octanol–water partition coefficient (Wildman–Crippen LogP) is 7.07. The van der Waals surface area contributed by atoms with Gasteiger partial charge in [0.2, 0.25) is 0 Å². The van der Waals surface area contributed by atoms with Gasteiger partial charge >= 0.3 is 5.97 Å². The van der Waals surface area contributed by atoms with Crippen molar-refractivity contribution in [3.8, 4) is 0 Å². The van der Waals surface area contributed by atoms with Gasteiger partial charge in [-0.3, -0.25) is 4.79 Å². The van der Waals surface area contributed by atoms with Crippen LogP contribution in [0.15, 0.2) is 0 Å². The van der Waals surface area contributed by atoms with Gasteiger partial charge in [-0.2, -0.15) is 0 Å². The average Bonchev–Trinajstić information content (AvgIpc) is 2.84. The monoisotopic (exact) mass is 520 g/mol. The van der Waals surface area contributed by atoms with Crippen molar-refractivity contribution >= 4 is 5.97 Å². The summed E-state index contributed by atoms with van der Waals surface area (Å²) < 4.78 is 32.3. The van der Waals surface area contributed by atoms with Crippen LogP contribution in [0.3, 0.4) is 0 Å². The fraction of sp³-hybridized carbons (Fsp3) is 0.968. The van der Waals surface area contributed by atoms with E-state index in [1.807, 2.05) is 13.8 Å². The number of hydrogen-bond donors (Lipinski definition) is 0. The molecule has 6 fully saturated rings. The molecular weight excluding hydrogens is 468 g/mol. The predicted molar refractivity (Wildman–Crippen MR) is 142 cm³/mol. The molecule has 0 radical (unpaired) electrons. The van der Waals surface area contributed by atoms with Crippen LogP contribution < -0.4 is 0 Å². The summed E-state index contributed by atoms with van der Waals surface area (Å²) in [6, 6.07) is 0. The molecule has 6 aliphatic rings. The van der Waals surface area contributed by atoms with Crippen LogP contribution in [0.25, 0.3) is 0 Å². The third kappa shape index (κ3) is 6.23. The molecule has 37 heavy (non-hydrogen) atoms. The summed E-state index contributed by atoms with van der Waals surface area (Å²) in [5.41, 5.74) is -1.78. The van der Waals surface area contributed by atoms with Gasteiger partial charge in [0.05, 0.1) is 28.8 Å². The maximum atomic E-state index is 13.5. The molecule has 6 aliphatic carbocycles. The molecule has 0 N–H and O–H groups in total. The Kier molecular flexibility index (Phi) is 8.33. The third-order valence-electron chi connectivity index (χ3n) is 10.6. The first kappa shape index (κ1) is 27.9. The molecule has 212 valence electrons. The Morgan fingerprint density at radius 3 is 1.62 bits per heavy atom. The molecule has 0 aromatic heterocycles. The van der Waals surface area contributed by atoms with Crippen LogP contribution in [0.2, 0.25) is 0 Å². The number of ether oxygens (including phenoxy) is 5. The summed E-state index contributed by atoms with van der Waals surface area (Å²) in [7, 11) is 0. The Hall–Kier alpha value is -0.690. The van der Waals surface area contributed by atoms with Gasteiger partial charge in [0.1, 0.15) is 19.2 Å². The minimum atomic E-state index is -0.529. The highest BCUT2D eigenvalue weighted by atomic mass is 16.7. The molecule has 6 rings (SSSR count). The third-order valence-corrected chi connectivity index (χ3v) is 10.6. The van der Waals surface area contributed by atoms with E-state index in [4.69, 9.17) is 23.7 Å². The van der Waals surface area contributed by atoms with E-state index < -0.39 is 11.0 Å². The second kappa shape index (κ2) is 11.1. The van der Waals surface area contributed by atoms with E-state index in [-0.39, 0.29) is 23.1 Å². The highest BCUT2D eigenvalue weighted by molar-refractivity contribution is 5.76. The van der Waals surface area contributed by atoms with Crippen LogP contribution in [-0.2, 0) is 28.5 Å². The molecule has 6 heteroatoms. The number of carbonyl (C=O) groups excluding carboxylic acids is 1. The number of carbonyl (C=O) groups is 1. The standard InChI is InChI=1S/C31H52O6/c1-23(2)28(3,4)27(32)37-31-17-24-15-29(19-31,35-21-33-25-11-7-5-8-12-25)18-30(16-24,20-31)36-22-34-26-13-9-6-10-14-26/h23-26H,5-22H2,1-4H3. The molecule has 4 bridgehead atoms. The Bertz CT molecular complexity index is 741. The van der Waals surface area contributed by atoms with Crippen molar-refractivity contribution in [2.75, 3.05) is 13.6 Å². The summed E-state index contributed by atoms with van der Waals surface area (Å²) in [6.45, 7) is 8.87. The van der Waals surface area contributed by atoms with Crippen molar-refractivity contribution < 1.29 is 28.5 Å². The highest BCUT2D eigenvalue weighted by Crippen LogP contribution is 2.63. The van der Waals surface area contributed by atoms with Crippen molar-refractivity contribution in [1.82, 2.24) is 0 Å². The Morgan fingerprint density at radius 2 is 1.16 bits per heavy atom. The molecule has 0 heterocycles. The summed E-state index contributed by atoms with van der Waals surface area (Å²) >= 11 is 0. The maximum Gasteiger partial charge on any atom is 0.312 e. The topological polar surface area (TPSA) is 63.2 Å². The molecule has 2 unspecified atom stereocenters. The largest absolute Gasteiger partial charge is 0.458 e. The van der Waals surface area contributed by atoms with Crippen LogP contribution in [0.5, 0.6) is 0 Å². The van der Waals surface area contributed by atoms with Crippen LogP contribution >= 0.6 is 0 Å². The van der Waals surface area contributed by atoms with E-state index in [1.54, 1.807) is 0 Å². The summed E-state index contributed by atoms with van der Waals surface area (Å²) in [4.78, 5) is 13.5. The van der Waals surface area contributed by atoms with Gasteiger partial charge in [0.15, 0.2) is 0 Å². The van der Waals surface area contributed by atoms with Crippen molar-refractivity contribution in [1.29, 1.82) is 0 Å². The van der Waals surface area contributed by atoms with Crippen molar-refractivity contribution in [2.45, 2.75) is 159 Å². The van der Waals surface area contributed by atoms with Gasteiger partial charge in [-0.25, -0.2) is 0 Å². The van der Waals surface area contributed by atoms with Crippen LogP contribution in [0, 0.1) is 17.3 Å². The summed E-state index contributed by atoms with van der Waals surface area (Å²) in [5, 5.41) is 0. The van der Waals surface area contributed by atoms with Gasteiger partial charge in [-0.05, 0) is 70.6 Å². The van der Waals surface area contributed by atoms with Crippen LogP contribution in [0.1, 0.15) is 130 Å². The smallest absolute Gasteiger partial charge is 0.312 e. The van der Waals surface area contributed by atoms with Crippen molar-refractivity contribution in [3.63, 3.8) is 0 Å². The minimum Gasteiger partial charge on any atom is -0.458 e. The molecule has 0 spiro atoms. The molecule has 0 saturated heterocycles. The molecule has 6 nitrogen and oxygen atoms in total. The first-order chi connectivity index (χ1) is 17.6. The molecule has 6 saturated carbocycles. The van der Waals surface area contributed by atoms with E-state index in [0.29, 0.717) is 31.7 Å². The molecule has 0 amide bonds. The number of hydrogen-bond acceptors (Lipinski definition) is 6.